The van der Waals surface area contributed by atoms with Gasteiger partial charge >= 0.3 is 0 Å². The van der Waals surface area contributed by atoms with Crippen molar-refractivity contribution in [2.75, 3.05) is 21.9 Å². The number of nitrogens with two attached hydrogens (primary N) is 3. The molecule has 0 bridgehead atoms. The zero-order chi connectivity index (χ0) is 40.4. The van der Waals surface area contributed by atoms with E-state index in [1.165, 1.54) is 66.7 Å². The average molecular weight is 816 g/mol. The Morgan fingerprint density at radius 2 is 1.16 bits per heavy atom. The fourth-order valence-corrected chi connectivity index (χ4v) is 7.46. The minimum absolute atomic E-state index is 0.0430. The zero-order valence-electron chi connectivity index (χ0n) is 28.3. The summed E-state index contributed by atoms with van der Waals surface area (Å²) in [6, 6.07) is 24.9. The molecule has 0 heterocycles. The van der Waals surface area contributed by atoms with Gasteiger partial charge in [0, 0.05) is 11.4 Å². The van der Waals surface area contributed by atoms with E-state index in [9.17, 15) is 39.5 Å². The molecule has 6 rings (SSSR count). The van der Waals surface area contributed by atoms with Gasteiger partial charge in [-0.05, 0) is 96.4 Å². The van der Waals surface area contributed by atoms with E-state index in [4.69, 9.17) is 17.2 Å². The van der Waals surface area contributed by atoms with Crippen molar-refractivity contribution < 1.29 is 39.5 Å². The van der Waals surface area contributed by atoms with E-state index in [2.05, 4.69) is 35.4 Å². The van der Waals surface area contributed by atoms with Crippen molar-refractivity contribution in [3.05, 3.63) is 109 Å². The number of azo groups is 3. The second kappa shape index (κ2) is 15.1. The van der Waals surface area contributed by atoms with Gasteiger partial charge < -0.3 is 26.9 Å². The maximum atomic E-state index is 13.1. The van der Waals surface area contributed by atoms with E-state index >= 15 is 0 Å². The summed E-state index contributed by atoms with van der Waals surface area (Å²) in [6.45, 7) is 0. The molecule has 0 radical (unpaired) electrons. The Bertz CT molecular complexity index is 2930. The number of nitrogens with one attached hydrogen (secondary N) is 1. The number of benzene rings is 6. The highest BCUT2D eigenvalue weighted by Gasteiger charge is 2.26. The highest BCUT2D eigenvalue weighted by molar-refractivity contribution is 7.92. The van der Waals surface area contributed by atoms with Crippen LogP contribution in [0.5, 0.6) is 5.75 Å². The van der Waals surface area contributed by atoms with Gasteiger partial charge in [-0.2, -0.15) is 23.8 Å². The highest BCUT2D eigenvalue weighted by Crippen LogP contribution is 2.48. The maximum absolute atomic E-state index is 13.1. The molecule has 56 heavy (non-hydrogen) atoms. The van der Waals surface area contributed by atoms with Crippen LogP contribution in [0.2, 0.25) is 0 Å². The van der Waals surface area contributed by atoms with Crippen molar-refractivity contribution in [3.63, 3.8) is 0 Å². The average Bonchev–Trinajstić information content (AvgIpc) is 3.13. The van der Waals surface area contributed by atoms with Gasteiger partial charge in [0.1, 0.15) is 32.1 Å². The minimum atomic E-state index is -5.36. The molecule has 6 aromatic carbocycles. The van der Waals surface area contributed by atoms with Crippen LogP contribution in [0.25, 0.3) is 10.8 Å². The first kappa shape index (κ1) is 38.9. The van der Waals surface area contributed by atoms with Crippen LogP contribution in [0, 0.1) is 0 Å². The molecule has 0 unspecified atom stereocenters. The molecule has 19 nitrogen and oxygen atoms in total. The van der Waals surface area contributed by atoms with Gasteiger partial charge in [-0.1, -0.05) is 18.2 Å². The van der Waals surface area contributed by atoms with Crippen LogP contribution in [0.3, 0.4) is 0 Å². The predicted octanol–water partition coefficient (Wildman–Crippen LogP) is 7.49. The van der Waals surface area contributed by atoms with E-state index in [1.807, 2.05) is 0 Å². The van der Waals surface area contributed by atoms with Crippen LogP contribution in [0.1, 0.15) is 0 Å². The van der Waals surface area contributed by atoms with Gasteiger partial charge in [0.05, 0.1) is 43.6 Å². The maximum Gasteiger partial charge on any atom is 0.296 e. The summed E-state index contributed by atoms with van der Waals surface area (Å²) in [5.74, 6) is -0.933. The van der Waals surface area contributed by atoms with E-state index in [1.54, 1.807) is 30.3 Å². The topological polar surface area (TPSA) is 330 Å². The lowest BCUT2D eigenvalue weighted by atomic mass is 10.1. The van der Waals surface area contributed by atoms with Crippen LogP contribution in [-0.4, -0.2) is 39.5 Å². The molecule has 0 spiro atoms. The van der Waals surface area contributed by atoms with Crippen molar-refractivity contribution in [1.82, 2.24) is 0 Å². The molecule has 286 valence electrons. The molecular formula is C34H27N10O9S3-. The SMILES string of the molecule is Nc1ccc(N=Nc2ccc(S(=O)(=O)Nc3ccc(N=Nc4c(S(=O)(=O)[O-])cc5cc(S(=O)(=O)O)c(N=Nc6ccccc6)c(O)c5c4N)cc3)cc2)c(N)c1. The molecule has 0 fully saturated rings. The van der Waals surface area contributed by atoms with E-state index in [0.717, 1.165) is 6.07 Å². The Morgan fingerprint density at radius 1 is 0.607 bits per heavy atom. The fraction of sp³-hybridized carbons (Fsp3) is 0. The molecule has 0 atom stereocenters. The Balaban J connectivity index is 1.28. The molecule has 0 saturated heterocycles. The number of rotatable bonds is 11. The number of fused-ring (bicyclic) bond motifs is 1. The molecule has 0 aliphatic heterocycles. The second-order valence-electron chi connectivity index (χ2n) is 11.6. The number of phenolic OH excluding ortho intramolecular Hbond substituents is 1. The molecule has 0 saturated carbocycles. The summed E-state index contributed by atoms with van der Waals surface area (Å²) < 4.78 is 99.9. The lowest BCUT2D eigenvalue weighted by molar-refractivity contribution is 0.463. The van der Waals surface area contributed by atoms with E-state index in [0.29, 0.717) is 28.8 Å². The summed E-state index contributed by atoms with van der Waals surface area (Å²) in [6.07, 6.45) is 0. The first-order chi connectivity index (χ1) is 26.4. The van der Waals surface area contributed by atoms with Crippen LogP contribution in [0.4, 0.5) is 56.9 Å². The van der Waals surface area contributed by atoms with E-state index < -0.39 is 62.9 Å². The Hall–Kier alpha value is -6.85. The van der Waals surface area contributed by atoms with Crippen LogP contribution in [-0.2, 0) is 30.3 Å². The summed E-state index contributed by atoms with van der Waals surface area (Å²) in [5, 5.41) is 34.0. The van der Waals surface area contributed by atoms with Crippen molar-refractivity contribution in [2.45, 2.75) is 14.7 Å². The normalized spacial score (nSPS) is 12.6. The zero-order valence-corrected chi connectivity index (χ0v) is 30.7. The Labute approximate surface area is 318 Å². The Morgan fingerprint density at radius 3 is 1.75 bits per heavy atom. The summed E-state index contributed by atoms with van der Waals surface area (Å²) in [7, 11) is -14.5. The van der Waals surface area contributed by atoms with Crippen molar-refractivity contribution in [2.24, 2.45) is 30.7 Å². The smallest absolute Gasteiger partial charge is 0.296 e. The number of nitrogen functional groups attached to an aromatic ring is 3. The third-order valence-electron chi connectivity index (χ3n) is 7.74. The third-order valence-corrected chi connectivity index (χ3v) is 10.9. The quantitative estimate of drug-likeness (QED) is 0.0421. The minimum Gasteiger partial charge on any atom is -0.744 e. The monoisotopic (exact) mass is 815 g/mol. The number of anilines is 4. The van der Waals surface area contributed by atoms with Gasteiger partial charge in [0.25, 0.3) is 20.1 Å². The fourth-order valence-electron chi connectivity index (χ4n) is 5.09. The molecule has 0 aliphatic carbocycles. The lowest BCUT2D eigenvalue weighted by Gasteiger charge is -2.16. The van der Waals surface area contributed by atoms with Gasteiger partial charge in [0.2, 0.25) is 0 Å². The standard InChI is InChI=1S/C34H28N10O9S3/c35-20-6-15-27(26(36)18-20)41-38-23-11-13-25(14-12-23)54(46,47)44-24-9-7-22(8-10-24)40-42-32-28(55(48,49)50)16-19-17-29(56(51,52)53)33(34(45)30(19)31(32)37)43-39-21-4-2-1-3-5-21/h1-18,44-45H,35-37H2,(H,48,49,50)(H,51,52,53)/p-1. The third kappa shape index (κ3) is 8.59. The first-order valence-electron chi connectivity index (χ1n) is 15.6. The van der Waals surface area contributed by atoms with E-state index in [-0.39, 0.29) is 32.7 Å². The Kier molecular flexibility index (Phi) is 10.5. The van der Waals surface area contributed by atoms with Gasteiger partial charge in [-0.3, -0.25) is 9.27 Å². The number of hydrogen-bond acceptors (Lipinski definition) is 17. The number of nitrogens with zero attached hydrogens (tertiary/aromatic N) is 6. The molecule has 0 aromatic heterocycles. The summed E-state index contributed by atoms with van der Waals surface area (Å²) in [5.41, 5.74) is 17.6. The van der Waals surface area contributed by atoms with Gasteiger partial charge in [-0.25, -0.2) is 16.8 Å². The van der Waals surface area contributed by atoms with Crippen molar-refractivity contribution >= 4 is 97.9 Å². The highest BCUT2D eigenvalue weighted by atomic mass is 32.2. The summed E-state index contributed by atoms with van der Waals surface area (Å²) >= 11 is 0. The number of sulfonamides is 1. The number of hydrogen-bond donors (Lipinski definition) is 6. The molecular weight excluding hydrogens is 789 g/mol. The molecule has 6 aromatic rings. The van der Waals surface area contributed by atoms with Gasteiger partial charge in [0.15, 0.2) is 5.75 Å². The molecule has 0 amide bonds. The van der Waals surface area contributed by atoms with Crippen LogP contribution >= 0.6 is 0 Å². The first-order valence-corrected chi connectivity index (χ1v) is 20.0. The van der Waals surface area contributed by atoms with Crippen LogP contribution in [0.15, 0.2) is 155 Å². The van der Waals surface area contributed by atoms with Crippen molar-refractivity contribution in [1.29, 1.82) is 0 Å². The lowest BCUT2D eigenvalue weighted by Crippen LogP contribution is -2.12. The predicted molar refractivity (Wildman–Crippen MR) is 206 cm³/mol. The largest absolute Gasteiger partial charge is 0.744 e. The number of phenols is 1. The molecule has 9 N–H and O–H groups in total. The van der Waals surface area contributed by atoms with Crippen molar-refractivity contribution in [3.8, 4) is 5.75 Å². The van der Waals surface area contributed by atoms with Gasteiger partial charge in [-0.15, -0.1) is 15.3 Å². The molecule has 0 aliphatic rings. The van der Waals surface area contributed by atoms with Crippen LogP contribution < -0.4 is 21.9 Å². The summed E-state index contributed by atoms with van der Waals surface area (Å²) in [4.78, 5) is -2.08. The number of aromatic hydroxyl groups is 1. The second-order valence-corrected chi connectivity index (χ2v) is 16.1. The molecule has 22 heteroatoms.